The fourth-order valence-electron chi connectivity index (χ4n) is 3.12. The van der Waals surface area contributed by atoms with Gasteiger partial charge < -0.3 is 14.2 Å². The topological polar surface area (TPSA) is 94.2 Å². The van der Waals surface area contributed by atoms with Crippen molar-refractivity contribution in [3.05, 3.63) is 53.1 Å². The van der Waals surface area contributed by atoms with E-state index in [2.05, 4.69) is 5.32 Å². The molecule has 8 nitrogen and oxygen atoms in total. The molecule has 4 amide bonds. The van der Waals surface area contributed by atoms with Gasteiger partial charge in [-0.3, -0.25) is 14.9 Å². The first kappa shape index (κ1) is 20.9. The fraction of sp³-hybridized carbons (Fsp3) is 0.227. The molecule has 3 rings (SSSR count). The Labute approximate surface area is 174 Å². The van der Waals surface area contributed by atoms with Crippen LogP contribution in [0.25, 0.3) is 6.08 Å². The van der Waals surface area contributed by atoms with Crippen molar-refractivity contribution in [2.75, 3.05) is 26.2 Å². The Hall–Kier alpha value is -3.81. The van der Waals surface area contributed by atoms with Crippen LogP contribution in [0.2, 0.25) is 0 Å². The Morgan fingerprint density at radius 3 is 2.03 bits per heavy atom. The Morgan fingerprint density at radius 1 is 0.933 bits per heavy atom. The van der Waals surface area contributed by atoms with Crippen molar-refractivity contribution >= 4 is 29.6 Å². The lowest BCUT2D eigenvalue weighted by molar-refractivity contribution is -0.122. The second-order valence-corrected chi connectivity index (χ2v) is 6.44. The Bertz CT molecular complexity index is 1000. The van der Waals surface area contributed by atoms with E-state index in [1.165, 1.54) is 27.4 Å². The van der Waals surface area contributed by atoms with Gasteiger partial charge in [0.25, 0.3) is 11.8 Å². The smallest absolute Gasteiger partial charge is 0.335 e. The number of carbonyl (C=O) groups is 3. The third-order valence-electron chi connectivity index (χ3n) is 4.70. The molecule has 1 saturated heterocycles. The fourth-order valence-corrected chi connectivity index (χ4v) is 3.12. The monoisotopic (exact) mass is 410 g/mol. The largest absolute Gasteiger partial charge is 0.493 e. The zero-order valence-electron chi connectivity index (χ0n) is 17.1. The van der Waals surface area contributed by atoms with Crippen molar-refractivity contribution in [1.29, 1.82) is 0 Å². The number of barbiturate groups is 1. The van der Waals surface area contributed by atoms with Crippen LogP contribution in [0, 0.1) is 0 Å². The van der Waals surface area contributed by atoms with Crippen LogP contribution in [-0.2, 0) is 16.0 Å². The van der Waals surface area contributed by atoms with E-state index in [-0.39, 0.29) is 5.57 Å². The third-order valence-corrected chi connectivity index (χ3v) is 4.70. The van der Waals surface area contributed by atoms with Gasteiger partial charge in [-0.1, -0.05) is 19.1 Å². The van der Waals surface area contributed by atoms with Gasteiger partial charge in [0.05, 0.1) is 27.0 Å². The first-order valence-corrected chi connectivity index (χ1v) is 9.23. The minimum absolute atomic E-state index is 0.191. The molecule has 2 aromatic rings. The average molecular weight is 410 g/mol. The maximum Gasteiger partial charge on any atom is 0.335 e. The van der Waals surface area contributed by atoms with Gasteiger partial charge in [0.1, 0.15) is 5.57 Å². The van der Waals surface area contributed by atoms with E-state index in [0.29, 0.717) is 28.5 Å². The number of aryl methyl sites for hydroxylation is 1. The SMILES string of the molecule is CCc1ccc(N2C(=O)NC(=O)C(=Cc3cc(OC)c(OC)c(OC)c3)C2=O)cc1. The van der Waals surface area contributed by atoms with E-state index in [1.807, 2.05) is 19.1 Å². The molecule has 0 bridgehead atoms. The zero-order valence-corrected chi connectivity index (χ0v) is 17.1. The summed E-state index contributed by atoms with van der Waals surface area (Å²) in [4.78, 5) is 38.7. The molecule has 1 N–H and O–H groups in total. The molecule has 2 aromatic carbocycles. The van der Waals surface area contributed by atoms with E-state index < -0.39 is 17.8 Å². The van der Waals surface area contributed by atoms with Gasteiger partial charge in [0.15, 0.2) is 11.5 Å². The van der Waals surface area contributed by atoms with Crippen LogP contribution < -0.4 is 24.4 Å². The molecule has 156 valence electrons. The number of nitrogens with zero attached hydrogens (tertiary/aromatic N) is 1. The summed E-state index contributed by atoms with van der Waals surface area (Å²) in [6.07, 6.45) is 2.20. The van der Waals surface area contributed by atoms with E-state index in [1.54, 1.807) is 24.3 Å². The minimum Gasteiger partial charge on any atom is -0.493 e. The van der Waals surface area contributed by atoms with Crippen LogP contribution in [0.4, 0.5) is 10.5 Å². The number of urea groups is 1. The highest BCUT2D eigenvalue weighted by Crippen LogP contribution is 2.39. The zero-order chi connectivity index (χ0) is 21.8. The summed E-state index contributed by atoms with van der Waals surface area (Å²) >= 11 is 0. The molecule has 0 atom stereocenters. The molecule has 30 heavy (non-hydrogen) atoms. The van der Waals surface area contributed by atoms with Crippen molar-refractivity contribution in [2.24, 2.45) is 0 Å². The number of hydrogen-bond acceptors (Lipinski definition) is 6. The normalized spacial score (nSPS) is 15.3. The van der Waals surface area contributed by atoms with Crippen molar-refractivity contribution in [3.8, 4) is 17.2 Å². The standard InChI is InChI=1S/C22H22N2O6/c1-5-13-6-8-15(9-7-13)24-21(26)16(20(25)23-22(24)27)10-14-11-17(28-2)19(30-4)18(12-14)29-3/h6-12H,5H2,1-4H3,(H,23,25,27). The predicted molar refractivity (Wildman–Crippen MR) is 111 cm³/mol. The number of carbonyl (C=O) groups excluding carboxylic acids is 3. The highest BCUT2D eigenvalue weighted by Gasteiger charge is 2.36. The lowest BCUT2D eigenvalue weighted by Crippen LogP contribution is -2.54. The number of methoxy groups -OCH3 is 3. The van der Waals surface area contributed by atoms with Gasteiger partial charge in [-0.05, 0) is 47.9 Å². The van der Waals surface area contributed by atoms with Crippen LogP contribution in [0.5, 0.6) is 17.2 Å². The molecule has 0 saturated carbocycles. The summed E-state index contributed by atoms with van der Waals surface area (Å²) in [6.45, 7) is 2.00. The minimum atomic E-state index is -0.795. The molecule has 0 aliphatic carbocycles. The summed E-state index contributed by atoms with van der Waals surface area (Å²) < 4.78 is 15.9. The maximum atomic E-state index is 13.0. The van der Waals surface area contributed by atoms with Crippen molar-refractivity contribution < 1.29 is 28.6 Å². The summed E-state index contributed by atoms with van der Waals surface area (Å²) in [5.41, 5.74) is 1.72. The van der Waals surface area contributed by atoms with Gasteiger partial charge in [-0.25, -0.2) is 9.69 Å². The number of imide groups is 2. The second-order valence-electron chi connectivity index (χ2n) is 6.44. The quantitative estimate of drug-likeness (QED) is 0.581. The van der Waals surface area contributed by atoms with Crippen molar-refractivity contribution in [2.45, 2.75) is 13.3 Å². The van der Waals surface area contributed by atoms with Crippen LogP contribution in [0.3, 0.4) is 0 Å². The highest BCUT2D eigenvalue weighted by molar-refractivity contribution is 6.39. The van der Waals surface area contributed by atoms with E-state index in [9.17, 15) is 14.4 Å². The van der Waals surface area contributed by atoms with Gasteiger partial charge in [-0.2, -0.15) is 0 Å². The number of nitrogens with one attached hydrogen (secondary N) is 1. The number of benzene rings is 2. The molecule has 1 fully saturated rings. The van der Waals surface area contributed by atoms with Crippen LogP contribution >= 0.6 is 0 Å². The average Bonchev–Trinajstić information content (AvgIpc) is 2.76. The number of anilines is 1. The molecular formula is C22H22N2O6. The van der Waals surface area contributed by atoms with Gasteiger partial charge in [0.2, 0.25) is 5.75 Å². The van der Waals surface area contributed by atoms with E-state index in [4.69, 9.17) is 14.2 Å². The summed E-state index contributed by atoms with van der Waals surface area (Å²) in [6, 6.07) is 9.41. The first-order chi connectivity index (χ1) is 14.4. The molecule has 0 aromatic heterocycles. The molecule has 0 spiro atoms. The van der Waals surface area contributed by atoms with Crippen molar-refractivity contribution in [1.82, 2.24) is 5.32 Å². The Morgan fingerprint density at radius 2 is 1.53 bits per heavy atom. The molecule has 0 radical (unpaired) electrons. The molecule has 1 heterocycles. The predicted octanol–water partition coefficient (Wildman–Crippen LogP) is 2.94. The van der Waals surface area contributed by atoms with Gasteiger partial charge in [-0.15, -0.1) is 0 Å². The van der Waals surface area contributed by atoms with Crippen LogP contribution in [0.1, 0.15) is 18.1 Å². The van der Waals surface area contributed by atoms with E-state index >= 15 is 0 Å². The molecular weight excluding hydrogens is 388 g/mol. The lowest BCUT2D eigenvalue weighted by Gasteiger charge is -2.26. The highest BCUT2D eigenvalue weighted by atomic mass is 16.5. The lowest BCUT2D eigenvalue weighted by atomic mass is 10.1. The third kappa shape index (κ3) is 3.84. The molecule has 1 aliphatic heterocycles. The van der Waals surface area contributed by atoms with Crippen LogP contribution in [0.15, 0.2) is 42.0 Å². The van der Waals surface area contributed by atoms with Gasteiger partial charge >= 0.3 is 6.03 Å². The van der Waals surface area contributed by atoms with Gasteiger partial charge in [0, 0.05) is 0 Å². The summed E-state index contributed by atoms with van der Waals surface area (Å²) in [7, 11) is 4.41. The van der Waals surface area contributed by atoms with Crippen LogP contribution in [-0.4, -0.2) is 39.2 Å². The first-order valence-electron chi connectivity index (χ1n) is 9.23. The molecule has 1 aliphatic rings. The summed E-state index contributed by atoms with van der Waals surface area (Å²) in [5, 5.41) is 2.21. The van der Waals surface area contributed by atoms with E-state index in [0.717, 1.165) is 16.9 Å². The Balaban J connectivity index is 2.04. The number of ether oxygens (including phenoxy) is 3. The van der Waals surface area contributed by atoms with Crippen molar-refractivity contribution in [3.63, 3.8) is 0 Å². The number of hydrogen-bond donors (Lipinski definition) is 1. The molecule has 0 unspecified atom stereocenters. The number of amides is 4. The summed E-state index contributed by atoms with van der Waals surface area (Å²) in [5.74, 6) is -0.373. The molecule has 8 heteroatoms. The maximum absolute atomic E-state index is 13.0. The number of rotatable bonds is 6. The second kappa shape index (κ2) is 8.69. The Kier molecular flexibility index (Phi) is 6.06.